The summed E-state index contributed by atoms with van der Waals surface area (Å²) in [4.78, 5) is 23.3. The van der Waals surface area contributed by atoms with Crippen molar-refractivity contribution in [2.24, 2.45) is 16.2 Å². The minimum atomic E-state index is -1.27. The lowest BCUT2D eigenvalue weighted by atomic mass is 9.49. The van der Waals surface area contributed by atoms with Crippen molar-refractivity contribution in [1.82, 2.24) is 0 Å². The molecule has 0 aliphatic carbocycles. The van der Waals surface area contributed by atoms with Gasteiger partial charge >= 0.3 is 11.8 Å². The summed E-state index contributed by atoms with van der Waals surface area (Å²) >= 11 is 0. The van der Waals surface area contributed by atoms with Gasteiger partial charge in [-0.1, -0.05) is 61.8 Å². The molecule has 1 aliphatic heterocycles. The van der Waals surface area contributed by atoms with Crippen LogP contribution in [-0.2, 0) is 19.3 Å². The molecule has 0 amide bonds. The number of hydrogen-bond donors (Lipinski definition) is 0. The third kappa shape index (κ3) is 2.85. The van der Waals surface area contributed by atoms with Gasteiger partial charge in [-0.3, -0.25) is 0 Å². The summed E-state index contributed by atoms with van der Waals surface area (Å²) in [5, 5.41) is 0. The van der Waals surface area contributed by atoms with Crippen molar-refractivity contribution in [3.05, 3.63) is 0 Å². The highest BCUT2D eigenvalue weighted by Crippen LogP contribution is 2.66. The van der Waals surface area contributed by atoms with E-state index < -0.39 is 11.2 Å². The van der Waals surface area contributed by atoms with Crippen LogP contribution < -0.4 is 0 Å². The van der Waals surface area contributed by atoms with Crippen molar-refractivity contribution in [2.45, 2.75) is 80.4 Å². The standard InChI is InChI=1S/C17H32O4/c1-9-11-12-19-13(18)17(20-21-17)16(10-2,14(3,4)5)15(6,7)8/h9-12H2,1-8H3. The van der Waals surface area contributed by atoms with E-state index in [0.29, 0.717) is 6.61 Å². The SMILES string of the molecule is CCCCOC(=O)C1(C(CC)(C(C)(C)C)C(C)(C)C)OO1. The molecular formula is C17H32O4. The van der Waals surface area contributed by atoms with Crippen LogP contribution in [0.2, 0.25) is 0 Å². The molecule has 1 fully saturated rings. The minimum Gasteiger partial charge on any atom is -0.462 e. The van der Waals surface area contributed by atoms with E-state index in [2.05, 4.69) is 55.4 Å². The van der Waals surface area contributed by atoms with Crippen LogP contribution >= 0.6 is 0 Å². The van der Waals surface area contributed by atoms with E-state index in [-0.39, 0.29) is 16.8 Å². The fourth-order valence-corrected chi connectivity index (χ4v) is 4.24. The van der Waals surface area contributed by atoms with Crippen LogP contribution in [0.3, 0.4) is 0 Å². The van der Waals surface area contributed by atoms with E-state index in [1.165, 1.54) is 0 Å². The minimum absolute atomic E-state index is 0.180. The van der Waals surface area contributed by atoms with Crippen LogP contribution in [0.25, 0.3) is 0 Å². The Labute approximate surface area is 129 Å². The maximum atomic E-state index is 12.6. The molecule has 0 unspecified atom stereocenters. The number of carbonyl (C=O) groups is 1. The third-order valence-electron chi connectivity index (χ3n) is 4.90. The van der Waals surface area contributed by atoms with Crippen molar-refractivity contribution in [3.8, 4) is 0 Å². The van der Waals surface area contributed by atoms with Crippen LogP contribution in [0.4, 0.5) is 0 Å². The smallest absolute Gasteiger partial charge is 0.373 e. The molecule has 0 saturated carbocycles. The van der Waals surface area contributed by atoms with Gasteiger partial charge < -0.3 is 4.74 Å². The summed E-state index contributed by atoms with van der Waals surface area (Å²) in [6.45, 7) is 17.4. The molecule has 0 aromatic heterocycles. The van der Waals surface area contributed by atoms with Crippen molar-refractivity contribution in [2.75, 3.05) is 6.61 Å². The molecule has 4 heteroatoms. The molecule has 0 atom stereocenters. The van der Waals surface area contributed by atoms with Crippen molar-refractivity contribution >= 4 is 5.97 Å². The Kier molecular flexibility index (Phi) is 5.16. The molecule has 0 aromatic carbocycles. The Balaban J connectivity index is 3.18. The first-order valence-corrected chi connectivity index (χ1v) is 8.04. The molecule has 0 N–H and O–H groups in total. The zero-order valence-corrected chi connectivity index (χ0v) is 15.0. The van der Waals surface area contributed by atoms with Gasteiger partial charge in [0.1, 0.15) is 0 Å². The molecule has 1 aliphatic rings. The molecule has 1 saturated heterocycles. The summed E-state index contributed by atoms with van der Waals surface area (Å²) in [5.41, 5.74) is -0.836. The quantitative estimate of drug-likeness (QED) is 0.314. The number of rotatable bonds is 6. The second-order valence-corrected chi connectivity index (χ2v) is 8.03. The molecule has 0 radical (unpaired) electrons. The molecule has 0 bridgehead atoms. The van der Waals surface area contributed by atoms with Crippen molar-refractivity contribution in [1.29, 1.82) is 0 Å². The predicted molar refractivity (Wildman–Crippen MR) is 82.4 cm³/mol. The first kappa shape index (κ1) is 18.4. The molecule has 0 aromatic rings. The van der Waals surface area contributed by atoms with E-state index in [1.807, 2.05) is 0 Å². The number of esters is 1. The lowest BCUT2D eigenvalue weighted by Gasteiger charge is -2.53. The highest BCUT2D eigenvalue weighted by Gasteiger charge is 2.77. The lowest BCUT2D eigenvalue weighted by molar-refractivity contribution is -0.177. The third-order valence-corrected chi connectivity index (χ3v) is 4.90. The van der Waals surface area contributed by atoms with Gasteiger partial charge in [0.25, 0.3) is 0 Å². The average Bonchev–Trinajstić information content (AvgIpc) is 3.08. The fourth-order valence-electron chi connectivity index (χ4n) is 4.24. The predicted octanol–water partition coefficient (Wildman–Crippen LogP) is 4.48. The summed E-state index contributed by atoms with van der Waals surface area (Å²) < 4.78 is 5.42. The summed E-state index contributed by atoms with van der Waals surface area (Å²) in [6, 6.07) is 0. The molecule has 1 rings (SSSR count). The van der Waals surface area contributed by atoms with Crippen molar-refractivity contribution < 1.29 is 19.3 Å². The highest BCUT2D eigenvalue weighted by atomic mass is 17.4. The monoisotopic (exact) mass is 300 g/mol. The molecule has 1 heterocycles. The van der Waals surface area contributed by atoms with Gasteiger partial charge in [0, 0.05) is 0 Å². The molecule has 124 valence electrons. The Bertz CT molecular complexity index is 355. The first-order chi connectivity index (χ1) is 9.50. The Morgan fingerprint density at radius 2 is 1.48 bits per heavy atom. The molecule has 4 nitrogen and oxygen atoms in total. The van der Waals surface area contributed by atoms with Gasteiger partial charge in [-0.25, -0.2) is 4.79 Å². The van der Waals surface area contributed by atoms with E-state index in [0.717, 1.165) is 19.3 Å². The van der Waals surface area contributed by atoms with Gasteiger partial charge in [0.05, 0.1) is 12.0 Å². The van der Waals surface area contributed by atoms with Crippen LogP contribution in [0.5, 0.6) is 0 Å². The largest absolute Gasteiger partial charge is 0.462 e. The first-order valence-electron chi connectivity index (χ1n) is 8.04. The van der Waals surface area contributed by atoms with E-state index >= 15 is 0 Å². The zero-order valence-electron chi connectivity index (χ0n) is 15.0. The Hall–Kier alpha value is -0.610. The van der Waals surface area contributed by atoms with Crippen LogP contribution in [0, 0.1) is 16.2 Å². The second-order valence-electron chi connectivity index (χ2n) is 8.03. The zero-order chi connectivity index (χ0) is 16.5. The maximum Gasteiger partial charge on any atom is 0.373 e. The van der Waals surface area contributed by atoms with E-state index in [1.54, 1.807) is 0 Å². The van der Waals surface area contributed by atoms with E-state index in [9.17, 15) is 4.79 Å². The van der Waals surface area contributed by atoms with Gasteiger partial charge in [-0.2, -0.15) is 9.78 Å². The summed E-state index contributed by atoms with van der Waals surface area (Å²) in [7, 11) is 0. The molecule has 21 heavy (non-hydrogen) atoms. The maximum absolute atomic E-state index is 12.6. The summed E-state index contributed by atoms with van der Waals surface area (Å²) in [5.74, 6) is -1.66. The number of carbonyl (C=O) groups excluding carboxylic acids is 1. The number of ether oxygens (including phenoxy) is 1. The van der Waals surface area contributed by atoms with Gasteiger partial charge in [-0.05, 0) is 23.7 Å². The Morgan fingerprint density at radius 3 is 1.76 bits per heavy atom. The normalized spacial score (nSPS) is 18.5. The van der Waals surface area contributed by atoms with Gasteiger partial charge in [0.2, 0.25) is 0 Å². The molecule has 0 spiro atoms. The topological polar surface area (TPSA) is 51.4 Å². The van der Waals surface area contributed by atoms with Crippen LogP contribution in [-0.4, -0.2) is 18.4 Å². The van der Waals surface area contributed by atoms with Crippen molar-refractivity contribution in [3.63, 3.8) is 0 Å². The van der Waals surface area contributed by atoms with Crippen LogP contribution in [0.15, 0.2) is 0 Å². The fraction of sp³-hybridized carbons (Fsp3) is 0.941. The Morgan fingerprint density at radius 1 is 1.00 bits per heavy atom. The number of unbranched alkanes of at least 4 members (excludes halogenated alkanes) is 1. The molecular weight excluding hydrogens is 268 g/mol. The van der Waals surface area contributed by atoms with Gasteiger partial charge in [0.15, 0.2) is 0 Å². The average molecular weight is 300 g/mol. The van der Waals surface area contributed by atoms with Gasteiger partial charge in [-0.15, -0.1) is 0 Å². The second kappa shape index (κ2) is 5.88. The summed E-state index contributed by atoms with van der Waals surface area (Å²) in [6.07, 6.45) is 2.61. The highest BCUT2D eigenvalue weighted by molar-refractivity contribution is 5.81. The number of hydrogen-bond acceptors (Lipinski definition) is 4. The van der Waals surface area contributed by atoms with Crippen LogP contribution in [0.1, 0.15) is 74.7 Å². The van der Waals surface area contributed by atoms with E-state index in [4.69, 9.17) is 14.5 Å². The lowest BCUT2D eigenvalue weighted by Crippen LogP contribution is -2.59.